The number of anilines is 2. The number of carbonyl (C=O) groups excluding carboxylic acids is 2. The number of sulfonamides is 1. The standard InChI is InChI=1S/C22H23F2N3O4S/c1-13-10-15-11-17(5-7-20(15)27(13)22(29)14-2-3-14)32(30,31)25-9-8-21(28)26-19-6-4-16(23)12-18(19)24/h4-7,11-14,25H,2-3,8-10H2,1H3,(H,26,28). The molecule has 0 bridgehead atoms. The molecular formula is C22H23F2N3O4S. The monoisotopic (exact) mass is 463 g/mol. The third kappa shape index (κ3) is 4.66. The fourth-order valence-electron chi connectivity index (χ4n) is 3.82. The van der Waals surface area contributed by atoms with Crippen LogP contribution in [0.4, 0.5) is 20.2 Å². The molecule has 2 aromatic carbocycles. The van der Waals surface area contributed by atoms with E-state index in [0.29, 0.717) is 12.5 Å². The van der Waals surface area contributed by atoms with Crippen molar-refractivity contribution in [3.63, 3.8) is 0 Å². The molecule has 32 heavy (non-hydrogen) atoms. The summed E-state index contributed by atoms with van der Waals surface area (Å²) in [6.07, 6.45) is 2.13. The van der Waals surface area contributed by atoms with E-state index in [1.165, 1.54) is 6.07 Å². The maximum atomic E-state index is 13.6. The van der Waals surface area contributed by atoms with Crippen molar-refractivity contribution in [3.8, 4) is 0 Å². The number of rotatable bonds is 7. The molecular weight excluding hydrogens is 440 g/mol. The van der Waals surface area contributed by atoms with Crippen LogP contribution in [0.1, 0.15) is 31.7 Å². The molecule has 1 aliphatic heterocycles. The van der Waals surface area contributed by atoms with Gasteiger partial charge in [-0.2, -0.15) is 0 Å². The van der Waals surface area contributed by atoms with Gasteiger partial charge in [0.05, 0.1) is 10.6 Å². The largest absolute Gasteiger partial charge is 0.324 e. The summed E-state index contributed by atoms with van der Waals surface area (Å²) in [5.41, 5.74) is 1.35. The molecule has 170 valence electrons. The number of halogens is 2. The lowest BCUT2D eigenvalue weighted by molar-refractivity contribution is -0.120. The summed E-state index contributed by atoms with van der Waals surface area (Å²) in [4.78, 5) is 26.3. The van der Waals surface area contributed by atoms with E-state index < -0.39 is 27.6 Å². The quantitative estimate of drug-likeness (QED) is 0.660. The summed E-state index contributed by atoms with van der Waals surface area (Å²) in [7, 11) is -3.88. The fourth-order valence-corrected chi connectivity index (χ4v) is 4.91. The first-order chi connectivity index (χ1) is 15.2. The molecule has 2 aromatic rings. The fraction of sp³-hybridized carbons (Fsp3) is 0.364. The molecule has 4 rings (SSSR count). The van der Waals surface area contributed by atoms with Crippen molar-refractivity contribution in [2.24, 2.45) is 5.92 Å². The van der Waals surface area contributed by atoms with Gasteiger partial charge in [-0.05, 0) is 62.1 Å². The third-order valence-corrected chi connectivity index (χ3v) is 7.05. The van der Waals surface area contributed by atoms with E-state index in [4.69, 9.17) is 0 Å². The smallest absolute Gasteiger partial charge is 0.240 e. The van der Waals surface area contributed by atoms with Gasteiger partial charge in [0.15, 0.2) is 0 Å². The average molecular weight is 464 g/mol. The van der Waals surface area contributed by atoms with E-state index in [1.54, 1.807) is 17.0 Å². The second kappa shape index (κ2) is 8.59. The normalized spacial score (nSPS) is 17.8. The van der Waals surface area contributed by atoms with Crippen LogP contribution >= 0.6 is 0 Å². The molecule has 7 nitrogen and oxygen atoms in total. The van der Waals surface area contributed by atoms with Gasteiger partial charge in [-0.25, -0.2) is 21.9 Å². The minimum atomic E-state index is -3.88. The van der Waals surface area contributed by atoms with Gasteiger partial charge in [0.2, 0.25) is 21.8 Å². The molecule has 1 atom stereocenters. The summed E-state index contributed by atoms with van der Waals surface area (Å²) in [5.74, 6) is -2.13. The van der Waals surface area contributed by atoms with Crippen molar-refractivity contribution >= 4 is 33.2 Å². The van der Waals surface area contributed by atoms with Gasteiger partial charge in [0.1, 0.15) is 11.6 Å². The van der Waals surface area contributed by atoms with Gasteiger partial charge in [-0.1, -0.05) is 0 Å². The van der Waals surface area contributed by atoms with E-state index in [-0.39, 0.29) is 41.4 Å². The van der Waals surface area contributed by atoms with Crippen LogP contribution in [0, 0.1) is 17.6 Å². The van der Waals surface area contributed by atoms with Crippen molar-refractivity contribution in [1.82, 2.24) is 4.72 Å². The van der Waals surface area contributed by atoms with Crippen LogP contribution in [-0.4, -0.2) is 32.8 Å². The Hall–Kier alpha value is -2.85. The van der Waals surface area contributed by atoms with Gasteiger partial charge in [-0.15, -0.1) is 0 Å². The molecule has 1 unspecified atom stereocenters. The minimum absolute atomic E-state index is 0.0282. The molecule has 1 aliphatic carbocycles. The van der Waals surface area contributed by atoms with Crippen molar-refractivity contribution in [2.75, 3.05) is 16.8 Å². The van der Waals surface area contributed by atoms with Crippen LogP contribution < -0.4 is 14.9 Å². The Bertz CT molecular complexity index is 1180. The average Bonchev–Trinajstić information content (AvgIpc) is 3.51. The maximum Gasteiger partial charge on any atom is 0.240 e. The van der Waals surface area contributed by atoms with Crippen molar-refractivity contribution in [3.05, 3.63) is 53.6 Å². The first kappa shape index (κ1) is 22.3. The third-order valence-electron chi connectivity index (χ3n) is 5.59. The highest BCUT2D eigenvalue weighted by molar-refractivity contribution is 7.89. The highest BCUT2D eigenvalue weighted by Gasteiger charge is 2.39. The Balaban J connectivity index is 1.37. The number of hydrogen-bond acceptors (Lipinski definition) is 4. The number of carbonyl (C=O) groups is 2. The van der Waals surface area contributed by atoms with Gasteiger partial charge in [0, 0.05) is 36.7 Å². The van der Waals surface area contributed by atoms with E-state index in [0.717, 1.165) is 36.2 Å². The number of fused-ring (bicyclic) bond motifs is 1. The molecule has 2 amide bonds. The molecule has 0 spiro atoms. The first-order valence-corrected chi connectivity index (χ1v) is 11.8. The maximum absolute atomic E-state index is 13.6. The van der Waals surface area contributed by atoms with Gasteiger partial charge in [-0.3, -0.25) is 9.59 Å². The first-order valence-electron chi connectivity index (χ1n) is 10.4. The Labute approximate surface area is 184 Å². The van der Waals surface area contributed by atoms with Gasteiger partial charge < -0.3 is 10.2 Å². The van der Waals surface area contributed by atoms with Crippen LogP contribution in [0.5, 0.6) is 0 Å². The molecule has 0 aromatic heterocycles. The zero-order valence-corrected chi connectivity index (χ0v) is 18.2. The molecule has 0 saturated heterocycles. The minimum Gasteiger partial charge on any atom is -0.324 e. The molecule has 1 fully saturated rings. The molecule has 2 N–H and O–H groups in total. The number of nitrogens with one attached hydrogen (secondary N) is 2. The van der Waals surface area contributed by atoms with Gasteiger partial charge >= 0.3 is 0 Å². The van der Waals surface area contributed by atoms with Crippen LogP contribution in [0.25, 0.3) is 0 Å². The number of nitrogens with zero attached hydrogens (tertiary/aromatic N) is 1. The highest BCUT2D eigenvalue weighted by Crippen LogP contribution is 2.39. The second-order valence-electron chi connectivity index (χ2n) is 8.15. The molecule has 0 radical (unpaired) electrons. The molecule has 2 aliphatic rings. The SMILES string of the molecule is CC1Cc2cc(S(=O)(=O)NCCC(=O)Nc3ccc(F)cc3F)ccc2N1C(=O)C1CC1. The topological polar surface area (TPSA) is 95.6 Å². The Morgan fingerprint density at radius 1 is 1.12 bits per heavy atom. The summed E-state index contributed by atoms with van der Waals surface area (Å²) in [6.45, 7) is 1.74. The van der Waals surface area contributed by atoms with Crippen molar-refractivity contribution in [1.29, 1.82) is 0 Å². The predicted molar refractivity (Wildman–Crippen MR) is 115 cm³/mol. The lowest BCUT2D eigenvalue weighted by Gasteiger charge is -2.22. The van der Waals surface area contributed by atoms with E-state index in [1.807, 2.05) is 6.92 Å². The Kier molecular flexibility index (Phi) is 6.00. The lowest BCUT2D eigenvalue weighted by Crippen LogP contribution is -2.36. The Morgan fingerprint density at radius 2 is 1.88 bits per heavy atom. The zero-order valence-electron chi connectivity index (χ0n) is 17.4. The summed E-state index contributed by atoms with van der Waals surface area (Å²) in [5, 5.41) is 2.28. The number of benzene rings is 2. The molecule has 10 heteroatoms. The lowest BCUT2D eigenvalue weighted by atomic mass is 10.1. The number of hydrogen-bond donors (Lipinski definition) is 2. The second-order valence-corrected chi connectivity index (χ2v) is 9.91. The molecule has 1 heterocycles. The summed E-state index contributed by atoms with van der Waals surface area (Å²) < 4.78 is 54.2. The van der Waals surface area contributed by atoms with Crippen molar-refractivity contribution in [2.45, 2.75) is 43.5 Å². The van der Waals surface area contributed by atoms with E-state index in [9.17, 15) is 26.8 Å². The summed E-state index contributed by atoms with van der Waals surface area (Å²) >= 11 is 0. The Morgan fingerprint density at radius 3 is 2.56 bits per heavy atom. The number of amides is 2. The van der Waals surface area contributed by atoms with Crippen LogP contribution in [0.2, 0.25) is 0 Å². The zero-order chi connectivity index (χ0) is 23.0. The predicted octanol–water partition coefficient (Wildman–Crippen LogP) is 2.96. The van der Waals surface area contributed by atoms with E-state index >= 15 is 0 Å². The van der Waals surface area contributed by atoms with Crippen LogP contribution in [0.3, 0.4) is 0 Å². The summed E-state index contributed by atoms with van der Waals surface area (Å²) in [6, 6.07) is 7.37. The van der Waals surface area contributed by atoms with Crippen molar-refractivity contribution < 1.29 is 26.8 Å². The van der Waals surface area contributed by atoms with Crippen LogP contribution in [-0.2, 0) is 26.0 Å². The highest BCUT2D eigenvalue weighted by atomic mass is 32.2. The van der Waals surface area contributed by atoms with E-state index in [2.05, 4.69) is 10.0 Å². The van der Waals surface area contributed by atoms with Gasteiger partial charge in [0.25, 0.3) is 0 Å². The van der Waals surface area contributed by atoms with Crippen LogP contribution in [0.15, 0.2) is 41.3 Å². The molecule has 1 saturated carbocycles.